The van der Waals surface area contributed by atoms with Crippen molar-refractivity contribution in [3.63, 3.8) is 0 Å². The van der Waals surface area contributed by atoms with Crippen molar-refractivity contribution in [1.82, 2.24) is 0 Å². The van der Waals surface area contributed by atoms with Crippen molar-refractivity contribution in [3.05, 3.63) is 51.9 Å². The Balaban J connectivity index is 1.66. The Bertz CT molecular complexity index is 883. The summed E-state index contributed by atoms with van der Waals surface area (Å²) in [6.45, 7) is 2.84. The third-order valence-electron chi connectivity index (χ3n) is 4.87. The second-order valence-corrected chi connectivity index (χ2v) is 8.11. The summed E-state index contributed by atoms with van der Waals surface area (Å²) in [5.41, 5.74) is 2.45. The number of ether oxygens (including phenoxy) is 2. The Labute approximate surface area is 175 Å². The molecule has 29 heavy (non-hydrogen) atoms. The summed E-state index contributed by atoms with van der Waals surface area (Å²) in [4.78, 5) is 25.9. The number of rotatable bonds is 8. The maximum absolute atomic E-state index is 12.4. The molecular weight excluding hydrogens is 386 g/mol. The molecule has 6 heteroatoms. The molecule has 154 valence electrons. The smallest absolute Gasteiger partial charge is 0.341 e. The van der Waals surface area contributed by atoms with E-state index in [0.717, 1.165) is 55.4 Å². The van der Waals surface area contributed by atoms with Crippen LogP contribution in [-0.4, -0.2) is 25.6 Å². The number of benzene rings is 1. The van der Waals surface area contributed by atoms with Crippen LogP contribution in [0.25, 0.3) is 6.08 Å². The van der Waals surface area contributed by atoms with Gasteiger partial charge in [-0.1, -0.05) is 25.5 Å². The van der Waals surface area contributed by atoms with Crippen molar-refractivity contribution in [3.8, 4) is 5.75 Å². The fourth-order valence-corrected chi connectivity index (χ4v) is 4.59. The van der Waals surface area contributed by atoms with Crippen LogP contribution in [0.15, 0.2) is 30.3 Å². The van der Waals surface area contributed by atoms with E-state index in [2.05, 4.69) is 12.2 Å². The number of aryl methyl sites for hydroxylation is 1. The van der Waals surface area contributed by atoms with Crippen LogP contribution in [0.4, 0.5) is 5.00 Å². The van der Waals surface area contributed by atoms with E-state index in [9.17, 15) is 9.59 Å². The first-order chi connectivity index (χ1) is 14.1. The highest BCUT2D eigenvalue weighted by atomic mass is 32.1. The average molecular weight is 414 g/mol. The molecule has 1 N–H and O–H groups in total. The van der Waals surface area contributed by atoms with Crippen LogP contribution < -0.4 is 10.1 Å². The molecule has 5 nitrogen and oxygen atoms in total. The fraction of sp³-hybridized carbons (Fsp3) is 0.391. The predicted molar refractivity (Wildman–Crippen MR) is 117 cm³/mol. The molecule has 0 saturated heterocycles. The number of hydrogen-bond acceptors (Lipinski definition) is 5. The molecule has 0 radical (unpaired) electrons. The largest absolute Gasteiger partial charge is 0.494 e. The highest BCUT2D eigenvalue weighted by Crippen LogP contribution is 2.38. The van der Waals surface area contributed by atoms with Gasteiger partial charge in [-0.05, 0) is 61.4 Å². The molecule has 0 aliphatic heterocycles. The Kier molecular flexibility index (Phi) is 7.47. The highest BCUT2D eigenvalue weighted by Gasteiger charge is 2.26. The Hall–Kier alpha value is -2.60. The van der Waals surface area contributed by atoms with E-state index in [1.165, 1.54) is 29.4 Å². The van der Waals surface area contributed by atoms with Gasteiger partial charge >= 0.3 is 5.97 Å². The molecule has 1 aliphatic carbocycles. The number of nitrogens with one attached hydrogen (secondary N) is 1. The van der Waals surface area contributed by atoms with Gasteiger partial charge in [0.15, 0.2) is 0 Å². The fourth-order valence-electron chi connectivity index (χ4n) is 3.31. The van der Waals surface area contributed by atoms with E-state index in [4.69, 9.17) is 9.47 Å². The van der Waals surface area contributed by atoms with Gasteiger partial charge in [0.2, 0.25) is 5.91 Å². The summed E-state index contributed by atoms with van der Waals surface area (Å²) in [6.07, 6.45) is 9.32. The monoisotopic (exact) mass is 413 g/mol. The second-order valence-electron chi connectivity index (χ2n) is 7.00. The number of fused-ring (bicyclic) bond motifs is 1. The lowest BCUT2D eigenvalue weighted by atomic mass is 9.95. The van der Waals surface area contributed by atoms with Crippen molar-refractivity contribution in [2.45, 2.75) is 45.4 Å². The summed E-state index contributed by atoms with van der Waals surface area (Å²) in [5, 5.41) is 3.45. The van der Waals surface area contributed by atoms with Gasteiger partial charge in [-0.3, -0.25) is 4.79 Å². The van der Waals surface area contributed by atoms with Crippen LogP contribution in [0.2, 0.25) is 0 Å². The van der Waals surface area contributed by atoms with Gasteiger partial charge in [-0.15, -0.1) is 11.3 Å². The van der Waals surface area contributed by atoms with Gasteiger partial charge in [0.25, 0.3) is 0 Å². The molecule has 1 aromatic heterocycles. The molecule has 0 fully saturated rings. The number of anilines is 1. The molecule has 1 heterocycles. The molecule has 2 aromatic rings. The zero-order valence-corrected chi connectivity index (χ0v) is 17.8. The van der Waals surface area contributed by atoms with Crippen molar-refractivity contribution in [2.24, 2.45) is 0 Å². The van der Waals surface area contributed by atoms with Gasteiger partial charge in [0.05, 0.1) is 19.3 Å². The van der Waals surface area contributed by atoms with Crippen LogP contribution in [-0.2, 0) is 22.4 Å². The Morgan fingerprint density at radius 2 is 1.93 bits per heavy atom. The number of methoxy groups -OCH3 is 1. The number of unbranched alkanes of at least 4 members (excludes halogenated alkanes) is 1. The molecule has 0 bridgehead atoms. The molecule has 0 saturated carbocycles. The standard InChI is InChI=1S/C23H27NO4S/c1-3-4-15-28-17-12-9-16(10-13-17)11-14-20(25)24-22-21(23(26)27-2)18-7-5-6-8-19(18)29-22/h9-14H,3-8,15H2,1-2H3,(H,24,25). The molecule has 0 unspecified atom stereocenters. The number of hydrogen-bond donors (Lipinski definition) is 1. The number of amides is 1. The lowest BCUT2D eigenvalue weighted by Crippen LogP contribution is -2.13. The maximum Gasteiger partial charge on any atom is 0.341 e. The van der Waals surface area contributed by atoms with Crippen LogP contribution in [0.5, 0.6) is 5.75 Å². The predicted octanol–water partition coefficient (Wildman–Crippen LogP) is 5.24. The zero-order chi connectivity index (χ0) is 20.6. The minimum Gasteiger partial charge on any atom is -0.494 e. The first kappa shape index (κ1) is 21.1. The second kappa shape index (κ2) is 10.3. The third-order valence-corrected chi connectivity index (χ3v) is 6.08. The van der Waals surface area contributed by atoms with Gasteiger partial charge in [0.1, 0.15) is 10.8 Å². The van der Waals surface area contributed by atoms with Crippen molar-refractivity contribution < 1.29 is 19.1 Å². The number of carbonyl (C=O) groups is 2. The van der Waals surface area contributed by atoms with Crippen LogP contribution >= 0.6 is 11.3 Å². The summed E-state index contributed by atoms with van der Waals surface area (Å²) < 4.78 is 10.6. The van der Waals surface area contributed by atoms with E-state index < -0.39 is 0 Å². The van der Waals surface area contributed by atoms with Crippen molar-refractivity contribution in [1.29, 1.82) is 0 Å². The SMILES string of the molecule is CCCCOc1ccc(C=CC(=O)Nc2sc3c(c2C(=O)OC)CCCC3)cc1. The average Bonchev–Trinajstić information content (AvgIpc) is 3.10. The molecular formula is C23H27NO4S. The Morgan fingerprint density at radius 1 is 1.17 bits per heavy atom. The molecule has 1 amide bonds. The van der Waals surface area contributed by atoms with Crippen LogP contribution in [0, 0.1) is 0 Å². The topological polar surface area (TPSA) is 64.6 Å². The molecule has 0 spiro atoms. The van der Waals surface area contributed by atoms with E-state index in [1.54, 1.807) is 6.08 Å². The number of esters is 1. The van der Waals surface area contributed by atoms with E-state index in [0.29, 0.717) is 17.2 Å². The molecule has 3 rings (SSSR count). The molecule has 0 atom stereocenters. The lowest BCUT2D eigenvalue weighted by Gasteiger charge is -2.11. The van der Waals surface area contributed by atoms with Gasteiger partial charge in [0, 0.05) is 11.0 Å². The Morgan fingerprint density at radius 3 is 2.66 bits per heavy atom. The first-order valence-electron chi connectivity index (χ1n) is 10.1. The summed E-state index contributed by atoms with van der Waals surface area (Å²) >= 11 is 1.48. The minimum absolute atomic E-state index is 0.267. The van der Waals surface area contributed by atoms with Gasteiger partial charge in [-0.25, -0.2) is 4.79 Å². The van der Waals surface area contributed by atoms with Crippen LogP contribution in [0.3, 0.4) is 0 Å². The number of carbonyl (C=O) groups excluding carboxylic acids is 2. The summed E-state index contributed by atoms with van der Waals surface area (Å²) in [5.74, 6) is 0.173. The summed E-state index contributed by atoms with van der Waals surface area (Å²) in [6, 6.07) is 7.62. The summed E-state index contributed by atoms with van der Waals surface area (Å²) in [7, 11) is 1.37. The quantitative estimate of drug-likeness (QED) is 0.365. The van der Waals surface area contributed by atoms with Crippen molar-refractivity contribution >= 4 is 34.3 Å². The number of thiophene rings is 1. The molecule has 1 aliphatic rings. The van der Waals surface area contributed by atoms with Crippen LogP contribution in [0.1, 0.15) is 59.0 Å². The van der Waals surface area contributed by atoms with E-state index in [1.807, 2.05) is 24.3 Å². The first-order valence-corrected chi connectivity index (χ1v) is 10.9. The van der Waals surface area contributed by atoms with Crippen molar-refractivity contribution in [2.75, 3.05) is 19.0 Å². The lowest BCUT2D eigenvalue weighted by molar-refractivity contribution is -0.111. The molecule has 1 aromatic carbocycles. The normalized spacial score (nSPS) is 13.2. The van der Waals surface area contributed by atoms with Gasteiger partial charge < -0.3 is 14.8 Å². The van der Waals surface area contributed by atoms with E-state index in [-0.39, 0.29) is 11.9 Å². The minimum atomic E-state index is -0.387. The zero-order valence-electron chi connectivity index (χ0n) is 17.0. The van der Waals surface area contributed by atoms with Gasteiger partial charge in [-0.2, -0.15) is 0 Å². The maximum atomic E-state index is 12.4. The van der Waals surface area contributed by atoms with E-state index >= 15 is 0 Å². The highest BCUT2D eigenvalue weighted by molar-refractivity contribution is 7.17. The third kappa shape index (κ3) is 5.48.